The Morgan fingerprint density at radius 2 is 1.96 bits per heavy atom. The Labute approximate surface area is 152 Å². The predicted molar refractivity (Wildman–Crippen MR) is 93.8 cm³/mol. The highest BCUT2D eigenvalue weighted by Crippen LogP contribution is 2.25. The summed E-state index contributed by atoms with van der Waals surface area (Å²) in [7, 11) is 0. The van der Waals surface area contributed by atoms with Crippen molar-refractivity contribution >= 4 is 11.7 Å². The van der Waals surface area contributed by atoms with Crippen LogP contribution in [0.5, 0.6) is 0 Å². The maximum absolute atomic E-state index is 12.6. The van der Waals surface area contributed by atoms with Gasteiger partial charge < -0.3 is 14.5 Å². The molecule has 0 N–H and O–H groups in total. The van der Waals surface area contributed by atoms with E-state index in [-0.39, 0.29) is 12.5 Å². The number of morpholine rings is 1. The highest BCUT2D eigenvalue weighted by atomic mass is 16.5. The van der Waals surface area contributed by atoms with Crippen molar-refractivity contribution in [3.8, 4) is 0 Å². The molecule has 1 fully saturated rings. The van der Waals surface area contributed by atoms with Gasteiger partial charge >= 0.3 is 0 Å². The lowest BCUT2D eigenvalue weighted by Crippen LogP contribution is -2.38. The number of anilines is 1. The molecule has 138 valence electrons. The largest absolute Gasteiger partial charge is 0.378 e. The first-order valence-corrected chi connectivity index (χ1v) is 9.00. The van der Waals surface area contributed by atoms with Crippen molar-refractivity contribution in [3.05, 3.63) is 29.7 Å². The van der Waals surface area contributed by atoms with E-state index in [2.05, 4.69) is 20.0 Å². The second-order valence-electron chi connectivity index (χ2n) is 6.59. The van der Waals surface area contributed by atoms with Crippen LogP contribution in [0.2, 0.25) is 0 Å². The first-order chi connectivity index (χ1) is 12.7. The van der Waals surface area contributed by atoms with Crippen molar-refractivity contribution in [1.29, 1.82) is 0 Å². The zero-order valence-electron chi connectivity index (χ0n) is 15.0. The molecule has 0 bridgehead atoms. The van der Waals surface area contributed by atoms with Crippen molar-refractivity contribution in [3.63, 3.8) is 0 Å². The van der Waals surface area contributed by atoms with E-state index in [1.807, 2.05) is 11.8 Å². The van der Waals surface area contributed by atoms with E-state index in [4.69, 9.17) is 9.72 Å². The first-order valence-electron chi connectivity index (χ1n) is 9.00. The van der Waals surface area contributed by atoms with Crippen LogP contribution in [0.4, 0.5) is 5.82 Å². The van der Waals surface area contributed by atoms with Crippen LogP contribution in [0.15, 0.2) is 12.7 Å². The van der Waals surface area contributed by atoms with Gasteiger partial charge in [0.2, 0.25) is 5.91 Å². The van der Waals surface area contributed by atoms with E-state index in [9.17, 15) is 4.79 Å². The summed E-state index contributed by atoms with van der Waals surface area (Å²) in [4.78, 5) is 30.0. The molecular weight excluding hydrogens is 334 g/mol. The third-order valence-corrected chi connectivity index (χ3v) is 4.86. The second kappa shape index (κ2) is 7.36. The standard InChI is InChI=1S/C17H23N7O2/c1-13-20-15-3-5-22(16(25)10-24-12-18-11-19-24)4-2-14(15)17(21-13)23-6-8-26-9-7-23/h11-12H,2-10H2,1H3. The number of nitrogens with zero attached hydrogens (tertiary/aromatic N) is 7. The zero-order valence-corrected chi connectivity index (χ0v) is 15.0. The molecule has 26 heavy (non-hydrogen) atoms. The molecule has 2 aliphatic rings. The smallest absolute Gasteiger partial charge is 0.244 e. The Kier molecular flexibility index (Phi) is 4.79. The molecule has 0 atom stereocenters. The number of aromatic nitrogens is 5. The van der Waals surface area contributed by atoms with Crippen LogP contribution in [-0.2, 0) is 28.9 Å². The SMILES string of the molecule is Cc1nc2c(c(N3CCOCC3)n1)CCN(C(=O)Cn1cncn1)CC2. The van der Waals surface area contributed by atoms with Gasteiger partial charge in [0.25, 0.3) is 0 Å². The maximum Gasteiger partial charge on any atom is 0.244 e. The third kappa shape index (κ3) is 3.52. The normalized spacial score (nSPS) is 17.7. The Morgan fingerprint density at radius 1 is 1.15 bits per heavy atom. The van der Waals surface area contributed by atoms with Crippen molar-refractivity contribution in [2.45, 2.75) is 26.3 Å². The molecule has 9 nitrogen and oxygen atoms in total. The average molecular weight is 357 g/mol. The van der Waals surface area contributed by atoms with Gasteiger partial charge in [0.1, 0.15) is 30.8 Å². The lowest BCUT2D eigenvalue weighted by molar-refractivity contribution is -0.131. The number of ether oxygens (including phenoxy) is 1. The fraction of sp³-hybridized carbons (Fsp3) is 0.588. The highest BCUT2D eigenvalue weighted by molar-refractivity contribution is 5.76. The molecule has 0 aromatic carbocycles. The number of aryl methyl sites for hydroxylation is 1. The maximum atomic E-state index is 12.6. The van der Waals surface area contributed by atoms with Gasteiger partial charge in [0, 0.05) is 38.2 Å². The number of fused-ring (bicyclic) bond motifs is 1. The molecule has 1 saturated heterocycles. The molecule has 0 radical (unpaired) electrons. The summed E-state index contributed by atoms with van der Waals surface area (Å²) in [6.07, 6.45) is 4.53. The molecule has 0 unspecified atom stereocenters. The summed E-state index contributed by atoms with van der Waals surface area (Å²) in [5.41, 5.74) is 2.24. The minimum absolute atomic E-state index is 0.0564. The minimum atomic E-state index is 0.0564. The minimum Gasteiger partial charge on any atom is -0.378 e. The van der Waals surface area contributed by atoms with Crippen molar-refractivity contribution in [1.82, 2.24) is 29.6 Å². The van der Waals surface area contributed by atoms with E-state index < -0.39 is 0 Å². The van der Waals surface area contributed by atoms with Crippen LogP contribution in [0.1, 0.15) is 17.1 Å². The average Bonchev–Trinajstić information content (AvgIpc) is 3.06. The Hall–Kier alpha value is -2.55. The van der Waals surface area contributed by atoms with Crippen LogP contribution in [-0.4, -0.2) is 74.9 Å². The van der Waals surface area contributed by atoms with Crippen molar-refractivity contribution in [2.24, 2.45) is 0 Å². The Balaban J connectivity index is 1.52. The van der Waals surface area contributed by atoms with Crippen LogP contribution in [0, 0.1) is 6.92 Å². The number of amides is 1. The molecule has 2 aliphatic heterocycles. The van der Waals surface area contributed by atoms with E-state index in [1.54, 1.807) is 11.0 Å². The van der Waals surface area contributed by atoms with Crippen molar-refractivity contribution in [2.75, 3.05) is 44.3 Å². The predicted octanol–water partition coefficient (Wildman–Crippen LogP) is -0.159. The van der Waals surface area contributed by atoms with Gasteiger partial charge in [-0.3, -0.25) is 4.79 Å². The van der Waals surface area contributed by atoms with Crippen LogP contribution < -0.4 is 4.90 Å². The molecule has 0 spiro atoms. The van der Waals surface area contributed by atoms with Gasteiger partial charge in [0.05, 0.1) is 18.9 Å². The summed E-state index contributed by atoms with van der Waals surface area (Å²) >= 11 is 0. The molecule has 0 aliphatic carbocycles. The molecule has 1 amide bonds. The van der Waals surface area contributed by atoms with Gasteiger partial charge in [-0.15, -0.1) is 0 Å². The van der Waals surface area contributed by atoms with Crippen LogP contribution in [0.3, 0.4) is 0 Å². The Morgan fingerprint density at radius 3 is 2.73 bits per heavy atom. The van der Waals surface area contributed by atoms with E-state index in [0.29, 0.717) is 13.1 Å². The molecule has 9 heteroatoms. The molecule has 4 rings (SSSR count). The fourth-order valence-corrected chi connectivity index (χ4v) is 3.54. The summed E-state index contributed by atoms with van der Waals surface area (Å²) in [6, 6.07) is 0. The Bertz CT molecular complexity index is 772. The summed E-state index contributed by atoms with van der Waals surface area (Å²) in [6.45, 7) is 6.63. The van der Waals surface area contributed by atoms with E-state index >= 15 is 0 Å². The quantitative estimate of drug-likeness (QED) is 0.754. The lowest BCUT2D eigenvalue weighted by atomic mass is 10.1. The van der Waals surface area contributed by atoms with Gasteiger partial charge in [-0.05, 0) is 13.3 Å². The summed E-state index contributed by atoms with van der Waals surface area (Å²) < 4.78 is 7.03. The number of hydrogen-bond acceptors (Lipinski definition) is 7. The first kappa shape index (κ1) is 16.9. The van der Waals surface area contributed by atoms with Crippen molar-refractivity contribution < 1.29 is 9.53 Å². The van der Waals surface area contributed by atoms with Crippen LogP contribution in [0.25, 0.3) is 0 Å². The van der Waals surface area contributed by atoms with E-state index in [0.717, 1.165) is 56.5 Å². The van der Waals surface area contributed by atoms with E-state index in [1.165, 1.54) is 11.9 Å². The molecule has 0 saturated carbocycles. The van der Waals surface area contributed by atoms with Gasteiger partial charge in [-0.2, -0.15) is 5.10 Å². The monoisotopic (exact) mass is 357 g/mol. The lowest BCUT2D eigenvalue weighted by Gasteiger charge is -2.30. The highest BCUT2D eigenvalue weighted by Gasteiger charge is 2.25. The van der Waals surface area contributed by atoms with Gasteiger partial charge in [-0.25, -0.2) is 19.6 Å². The van der Waals surface area contributed by atoms with Gasteiger partial charge in [0.15, 0.2) is 0 Å². The number of carbonyl (C=O) groups is 1. The fourth-order valence-electron chi connectivity index (χ4n) is 3.54. The topological polar surface area (TPSA) is 89.3 Å². The number of rotatable bonds is 3. The van der Waals surface area contributed by atoms with Crippen LogP contribution >= 0.6 is 0 Å². The molecular formula is C17H23N7O2. The zero-order chi connectivity index (χ0) is 17.9. The second-order valence-corrected chi connectivity index (χ2v) is 6.59. The molecule has 2 aromatic rings. The van der Waals surface area contributed by atoms with Gasteiger partial charge in [-0.1, -0.05) is 0 Å². The summed E-state index contributed by atoms with van der Waals surface area (Å²) in [5.74, 6) is 1.86. The summed E-state index contributed by atoms with van der Waals surface area (Å²) in [5, 5.41) is 4.02. The number of hydrogen-bond donors (Lipinski definition) is 0. The number of carbonyl (C=O) groups excluding carboxylic acids is 1. The molecule has 4 heterocycles. The third-order valence-electron chi connectivity index (χ3n) is 4.86. The molecule has 2 aromatic heterocycles.